The molecule has 1 N–H and O–H groups in total. The lowest BCUT2D eigenvalue weighted by molar-refractivity contribution is -0.119. The lowest BCUT2D eigenvalue weighted by Crippen LogP contribution is -2.25. The van der Waals surface area contributed by atoms with Crippen LogP contribution in [-0.2, 0) is 20.8 Å². The van der Waals surface area contributed by atoms with Gasteiger partial charge in [-0.25, -0.2) is 0 Å². The van der Waals surface area contributed by atoms with Crippen molar-refractivity contribution in [1.82, 2.24) is 5.32 Å². The van der Waals surface area contributed by atoms with Gasteiger partial charge in [0.25, 0.3) is 5.24 Å². The lowest BCUT2D eigenvalue weighted by Gasteiger charge is -2.18. The van der Waals surface area contributed by atoms with E-state index in [0.717, 1.165) is 17.3 Å². The number of ketones is 2. The first-order chi connectivity index (χ1) is 13.8. The number of Topliss-reactive ketones (excluding diaryl/α,β-unsaturated/α-hetero) is 2. The quantitative estimate of drug-likeness (QED) is 0.543. The summed E-state index contributed by atoms with van der Waals surface area (Å²) in [6, 6.07) is 7.40. The number of allylic oxidation sites excluding steroid dienone is 4. The summed E-state index contributed by atoms with van der Waals surface area (Å²) in [6.45, 7) is 5.53. The molecular formula is C22H23NO5S. The number of rotatable bonds is 7. The molecule has 0 spiro atoms. The highest BCUT2D eigenvalue weighted by molar-refractivity contribution is 8.15. The molecule has 6 nitrogen and oxygen atoms in total. The summed E-state index contributed by atoms with van der Waals surface area (Å²) in [7, 11) is 0. The maximum absolute atomic E-state index is 12.4. The van der Waals surface area contributed by atoms with Crippen LogP contribution in [0.3, 0.4) is 0 Å². The van der Waals surface area contributed by atoms with Crippen molar-refractivity contribution in [1.29, 1.82) is 0 Å². The van der Waals surface area contributed by atoms with E-state index >= 15 is 0 Å². The Morgan fingerprint density at radius 2 is 1.59 bits per heavy atom. The molecule has 152 valence electrons. The molecule has 3 rings (SSSR count). The average molecular weight is 413 g/mol. The Bertz CT molecular complexity index is 942. The second kappa shape index (κ2) is 8.78. The molecule has 1 unspecified atom stereocenters. The summed E-state index contributed by atoms with van der Waals surface area (Å²) in [5.41, 5.74) is 3.13. The standard InChI is InChI=1S/C22H23NO5S/c1-12-13(2)20(25)17(14(3)19(12)24)5-4-10-28-16-8-6-15(7-9-16)11-18-21(26)23-22(27)29-18/h6-9,18H,4-5,10-11H2,1-3H3,(H,23,26,27). The van der Waals surface area contributed by atoms with E-state index in [0.29, 0.717) is 53.9 Å². The Morgan fingerprint density at radius 3 is 2.21 bits per heavy atom. The van der Waals surface area contributed by atoms with Crippen LogP contribution in [0.4, 0.5) is 4.79 Å². The number of amides is 2. The van der Waals surface area contributed by atoms with Gasteiger partial charge in [0.1, 0.15) is 5.75 Å². The molecule has 2 aliphatic rings. The van der Waals surface area contributed by atoms with Crippen molar-refractivity contribution < 1.29 is 23.9 Å². The molecule has 0 saturated carbocycles. The van der Waals surface area contributed by atoms with Crippen molar-refractivity contribution in [3.8, 4) is 5.75 Å². The molecule has 1 aromatic carbocycles. The van der Waals surface area contributed by atoms with E-state index in [9.17, 15) is 19.2 Å². The van der Waals surface area contributed by atoms with Crippen molar-refractivity contribution in [2.24, 2.45) is 0 Å². The first-order valence-electron chi connectivity index (χ1n) is 9.47. The summed E-state index contributed by atoms with van der Waals surface area (Å²) in [5.74, 6) is 0.346. The van der Waals surface area contributed by atoms with Gasteiger partial charge in [-0.1, -0.05) is 23.9 Å². The highest BCUT2D eigenvalue weighted by Gasteiger charge is 2.31. The summed E-state index contributed by atoms with van der Waals surface area (Å²) in [4.78, 5) is 47.5. The number of ether oxygens (including phenoxy) is 1. The molecular weight excluding hydrogens is 390 g/mol. The SMILES string of the molecule is CC1=C(C)C(=O)C(CCCOc2ccc(CC3SC(=O)NC3=O)cc2)=C(C)C1=O. The monoisotopic (exact) mass is 413 g/mol. The predicted molar refractivity (Wildman–Crippen MR) is 111 cm³/mol. The van der Waals surface area contributed by atoms with Gasteiger partial charge >= 0.3 is 0 Å². The van der Waals surface area contributed by atoms with E-state index in [-0.39, 0.29) is 28.0 Å². The Labute approximate surface area is 173 Å². The maximum Gasteiger partial charge on any atom is 0.286 e. The zero-order chi connectivity index (χ0) is 21.1. The van der Waals surface area contributed by atoms with Crippen LogP contribution < -0.4 is 10.1 Å². The smallest absolute Gasteiger partial charge is 0.286 e. The molecule has 7 heteroatoms. The maximum atomic E-state index is 12.4. The molecule has 1 saturated heterocycles. The minimum atomic E-state index is -0.386. The Morgan fingerprint density at radius 1 is 0.931 bits per heavy atom. The Hall–Kier alpha value is -2.67. The third kappa shape index (κ3) is 4.67. The summed E-state index contributed by atoms with van der Waals surface area (Å²) in [5, 5.41) is 1.59. The van der Waals surface area contributed by atoms with Gasteiger partial charge in [0.05, 0.1) is 11.9 Å². The van der Waals surface area contributed by atoms with Gasteiger partial charge in [-0.15, -0.1) is 0 Å². The highest BCUT2D eigenvalue weighted by atomic mass is 32.2. The molecule has 1 heterocycles. The number of nitrogens with one attached hydrogen (secondary N) is 1. The predicted octanol–water partition coefficient (Wildman–Crippen LogP) is 3.54. The minimum Gasteiger partial charge on any atom is -0.494 e. The van der Waals surface area contributed by atoms with Gasteiger partial charge in [-0.05, 0) is 57.7 Å². The van der Waals surface area contributed by atoms with Gasteiger partial charge in [-0.2, -0.15) is 0 Å². The number of thioether (sulfide) groups is 1. The fourth-order valence-corrected chi connectivity index (χ4v) is 4.22. The topological polar surface area (TPSA) is 89.5 Å². The van der Waals surface area contributed by atoms with Gasteiger partial charge in [0.15, 0.2) is 11.6 Å². The van der Waals surface area contributed by atoms with Crippen LogP contribution in [0.5, 0.6) is 5.75 Å². The molecule has 29 heavy (non-hydrogen) atoms. The van der Waals surface area contributed by atoms with Crippen LogP contribution in [0, 0.1) is 0 Å². The second-order valence-electron chi connectivity index (χ2n) is 7.20. The van der Waals surface area contributed by atoms with Crippen molar-refractivity contribution >= 4 is 34.5 Å². The van der Waals surface area contributed by atoms with Crippen LogP contribution >= 0.6 is 11.8 Å². The number of benzene rings is 1. The van der Waals surface area contributed by atoms with E-state index in [1.54, 1.807) is 20.8 Å². The first-order valence-corrected chi connectivity index (χ1v) is 10.4. The second-order valence-corrected chi connectivity index (χ2v) is 8.37. The molecule has 1 aliphatic heterocycles. The largest absolute Gasteiger partial charge is 0.494 e. The molecule has 0 bridgehead atoms. The number of carbonyl (C=O) groups excluding carboxylic acids is 4. The molecule has 2 amide bonds. The lowest BCUT2D eigenvalue weighted by atomic mass is 9.84. The van der Waals surface area contributed by atoms with Crippen LogP contribution in [0.1, 0.15) is 39.2 Å². The van der Waals surface area contributed by atoms with Gasteiger partial charge in [0, 0.05) is 22.3 Å². The molecule has 1 aromatic rings. The normalized spacial score (nSPS) is 19.9. The number of hydrogen-bond acceptors (Lipinski definition) is 6. The number of carbonyl (C=O) groups is 4. The van der Waals surface area contributed by atoms with E-state index in [1.165, 1.54) is 0 Å². The zero-order valence-electron chi connectivity index (χ0n) is 16.7. The molecule has 0 aromatic heterocycles. The van der Waals surface area contributed by atoms with E-state index < -0.39 is 0 Å². The van der Waals surface area contributed by atoms with Crippen molar-refractivity contribution in [3.63, 3.8) is 0 Å². The van der Waals surface area contributed by atoms with Crippen LogP contribution in [0.2, 0.25) is 0 Å². The highest BCUT2D eigenvalue weighted by Crippen LogP contribution is 2.27. The number of hydrogen-bond donors (Lipinski definition) is 1. The molecule has 1 atom stereocenters. The van der Waals surface area contributed by atoms with Gasteiger partial charge in [-0.3, -0.25) is 24.5 Å². The summed E-state index contributed by atoms with van der Waals surface area (Å²) >= 11 is 1.01. The van der Waals surface area contributed by atoms with Gasteiger partial charge < -0.3 is 4.74 Å². The van der Waals surface area contributed by atoms with E-state index in [4.69, 9.17) is 4.74 Å². The van der Waals surface area contributed by atoms with E-state index in [2.05, 4.69) is 5.32 Å². The average Bonchev–Trinajstić information content (AvgIpc) is 3.02. The summed E-state index contributed by atoms with van der Waals surface area (Å²) < 4.78 is 5.74. The molecule has 1 fully saturated rings. The molecule has 0 radical (unpaired) electrons. The number of imide groups is 1. The minimum absolute atomic E-state index is 0.0451. The summed E-state index contributed by atoms with van der Waals surface area (Å²) in [6.07, 6.45) is 1.61. The fraction of sp³-hybridized carbons (Fsp3) is 0.364. The van der Waals surface area contributed by atoms with Gasteiger partial charge in [0.2, 0.25) is 5.91 Å². The fourth-order valence-electron chi connectivity index (χ4n) is 3.36. The van der Waals surface area contributed by atoms with Crippen LogP contribution in [-0.4, -0.2) is 34.6 Å². The Kier molecular flexibility index (Phi) is 6.37. The first kappa shape index (κ1) is 21.0. The third-order valence-electron chi connectivity index (χ3n) is 5.26. The van der Waals surface area contributed by atoms with Crippen LogP contribution in [0.15, 0.2) is 46.6 Å². The van der Waals surface area contributed by atoms with E-state index in [1.807, 2.05) is 24.3 Å². The van der Waals surface area contributed by atoms with Crippen molar-refractivity contribution in [2.75, 3.05) is 6.61 Å². The zero-order valence-corrected chi connectivity index (χ0v) is 17.5. The van der Waals surface area contributed by atoms with Crippen LogP contribution in [0.25, 0.3) is 0 Å². The molecule has 1 aliphatic carbocycles. The van der Waals surface area contributed by atoms with Crippen molar-refractivity contribution in [2.45, 2.75) is 45.3 Å². The van der Waals surface area contributed by atoms with Crippen molar-refractivity contribution in [3.05, 3.63) is 52.1 Å². The third-order valence-corrected chi connectivity index (χ3v) is 6.24. The Balaban J connectivity index is 1.49.